The van der Waals surface area contributed by atoms with Gasteiger partial charge in [-0.3, -0.25) is 14.2 Å². The number of rotatable bonds is 7. The Morgan fingerprint density at radius 2 is 2.07 bits per heavy atom. The van der Waals surface area contributed by atoms with Gasteiger partial charge < -0.3 is 10.1 Å². The maximum Gasteiger partial charge on any atom is 0.226 e. The number of hydrogen-bond donors (Lipinski definition) is 1. The van der Waals surface area contributed by atoms with Crippen LogP contribution in [0.1, 0.15) is 12.0 Å². The maximum atomic E-state index is 12.4. The van der Waals surface area contributed by atoms with Crippen molar-refractivity contribution in [2.45, 2.75) is 19.5 Å². The molecule has 28 heavy (non-hydrogen) atoms. The lowest BCUT2D eigenvalue weighted by Crippen LogP contribution is -2.15. The molecule has 0 bridgehead atoms. The van der Waals surface area contributed by atoms with Crippen molar-refractivity contribution >= 4 is 22.5 Å². The highest BCUT2D eigenvalue weighted by Crippen LogP contribution is 2.20. The van der Waals surface area contributed by atoms with Crippen LogP contribution >= 0.6 is 0 Å². The first-order chi connectivity index (χ1) is 13.7. The van der Waals surface area contributed by atoms with Gasteiger partial charge in [-0.2, -0.15) is 10.2 Å². The van der Waals surface area contributed by atoms with E-state index < -0.39 is 0 Å². The number of hydrogen-bond acceptors (Lipinski definition) is 4. The molecule has 1 amide bonds. The van der Waals surface area contributed by atoms with E-state index in [4.69, 9.17) is 4.74 Å². The van der Waals surface area contributed by atoms with E-state index in [0.717, 1.165) is 27.9 Å². The molecule has 2 aromatic heterocycles. The van der Waals surface area contributed by atoms with Crippen LogP contribution in [-0.2, 0) is 17.9 Å². The molecule has 7 heteroatoms. The van der Waals surface area contributed by atoms with Gasteiger partial charge in [0.05, 0.1) is 31.9 Å². The summed E-state index contributed by atoms with van der Waals surface area (Å²) in [5.74, 6) is 0.744. The first-order valence-electron chi connectivity index (χ1n) is 9.07. The Kier molecular flexibility index (Phi) is 5.05. The minimum Gasteiger partial charge on any atom is -0.497 e. The summed E-state index contributed by atoms with van der Waals surface area (Å²) in [5.41, 5.74) is 2.84. The lowest BCUT2D eigenvalue weighted by Gasteiger charge is -2.09. The number of nitrogens with zero attached hydrogens (tertiary/aromatic N) is 4. The van der Waals surface area contributed by atoms with Gasteiger partial charge in [0, 0.05) is 29.9 Å². The number of carbonyl (C=O) groups excluding carboxylic acids is 1. The summed E-state index contributed by atoms with van der Waals surface area (Å²) in [4.78, 5) is 12.4. The average Bonchev–Trinajstić information content (AvgIpc) is 3.36. The van der Waals surface area contributed by atoms with Gasteiger partial charge in [-0.15, -0.1) is 0 Å². The normalized spacial score (nSPS) is 10.9. The molecule has 0 saturated carbocycles. The van der Waals surface area contributed by atoms with Crippen molar-refractivity contribution in [3.05, 3.63) is 72.7 Å². The monoisotopic (exact) mass is 375 g/mol. The lowest BCUT2D eigenvalue weighted by molar-refractivity contribution is -0.116. The molecule has 2 heterocycles. The predicted molar refractivity (Wildman–Crippen MR) is 107 cm³/mol. The van der Waals surface area contributed by atoms with Crippen molar-refractivity contribution in [1.29, 1.82) is 0 Å². The molecule has 0 spiro atoms. The number of anilines is 1. The molecule has 0 aliphatic rings. The smallest absolute Gasteiger partial charge is 0.226 e. The van der Waals surface area contributed by atoms with E-state index in [0.29, 0.717) is 19.5 Å². The van der Waals surface area contributed by atoms with Crippen molar-refractivity contribution in [3.8, 4) is 5.75 Å². The molecular weight excluding hydrogens is 354 g/mol. The summed E-state index contributed by atoms with van der Waals surface area (Å²) in [7, 11) is 1.64. The van der Waals surface area contributed by atoms with Crippen molar-refractivity contribution in [2.24, 2.45) is 0 Å². The first-order valence-corrected chi connectivity index (χ1v) is 9.07. The Hall–Kier alpha value is -3.61. The van der Waals surface area contributed by atoms with Crippen LogP contribution in [0.3, 0.4) is 0 Å². The molecule has 0 saturated heterocycles. The number of nitrogens with one attached hydrogen (secondary N) is 1. The number of methoxy groups -OCH3 is 1. The van der Waals surface area contributed by atoms with Gasteiger partial charge in [0.25, 0.3) is 0 Å². The van der Waals surface area contributed by atoms with Gasteiger partial charge in [0.1, 0.15) is 5.75 Å². The van der Waals surface area contributed by atoms with Crippen LogP contribution in [0.5, 0.6) is 5.75 Å². The number of ether oxygens (including phenoxy) is 1. The number of aryl methyl sites for hydroxylation is 1. The van der Waals surface area contributed by atoms with E-state index in [1.807, 2.05) is 64.1 Å². The van der Waals surface area contributed by atoms with Crippen molar-refractivity contribution in [3.63, 3.8) is 0 Å². The van der Waals surface area contributed by atoms with E-state index in [1.165, 1.54) is 0 Å². The van der Waals surface area contributed by atoms with Gasteiger partial charge >= 0.3 is 0 Å². The fourth-order valence-electron chi connectivity index (χ4n) is 3.13. The zero-order valence-corrected chi connectivity index (χ0v) is 15.6. The van der Waals surface area contributed by atoms with Crippen molar-refractivity contribution < 1.29 is 9.53 Å². The van der Waals surface area contributed by atoms with Crippen LogP contribution in [0.15, 0.2) is 67.1 Å². The van der Waals surface area contributed by atoms with Gasteiger partial charge in [0.15, 0.2) is 0 Å². The Morgan fingerprint density at radius 3 is 2.89 bits per heavy atom. The summed E-state index contributed by atoms with van der Waals surface area (Å²) >= 11 is 0. The second-order valence-corrected chi connectivity index (χ2v) is 6.49. The second kappa shape index (κ2) is 7.96. The third-order valence-electron chi connectivity index (χ3n) is 4.51. The molecule has 4 rings (SSSR count). The molecule has 0 unspecified atom stereocenters. The molecule has 4 aromatic rings. The highest BCUT2D eigenvalue weighted by molar-refractivity contribution is 5.90. The number of fused-ring (bicyclic) bond motifs is 1. The molecule has 142 valence electrons. The van der Waals surface area contributed by atoms with E-state index in [2.05, 4.69) is 15.5 Å². The largest absolute Gasteiger partial charge is 0.497 e. The Morgan fingerprint density at radius 1 is 1.14 bits per heavy atom. The zero-order chi connectivity index (χ0) is 19.3. The number of benzene rings is 2. The standard InChI is InChI=1S/C21H21N5O2/c1-28-19-6-7-20-17(13-19)14-23-26(20)11-8-21(27)24-18-5-2-4-16(12-18)15-25-10-3-9-22-25/h2-7,9-10,12-14H,8,11,15H2,1H3,(H,24,27). The third-order valence-corrected chi connectivity index (χ3v) is 4.51. The molecular formula is C21H21N5O2. The molecule has 1 N–H and O–H groups in total. The summed E-state index contributed by atoms with van der Waals surface area (Å²) < 4.78 is 8.91. The minimum atomic E-state index is -0.0478. The Bertz CT molecular complexity index is 1090. The zero-order valence-electron chi connectivity index (χ0n) is 15.6. The predicted octanol–water partition coefficient (Wildman–Crippen LogP) is 3.32. The Balaban J connectivity index is 1.37. The average molecular weight is 375 g/mol. The first kappa shape index (κ1) is 17.8. The van der Waals surface area contributed by atoms with E-state index >= 15 is 0 Å². The highest BCUT2D eigenvalue weighted by atomic mass is 16.5. The molecule has 0 aliphatic carbocycles. The molecule has 0 radical (unpaired) electrons. The van der Waals surface area contributed by atoms with Crippen molar-refractivity contribution in [2.75, 3.05) is 12.4 Å². The topological polar surface area (TPSA) is 74.0 Å². The molecule has 0 aliphatic heterocycles. The highest BCUT2D eigenvalue weighted by Gasteiger charge is 2.08. The van der Waals surface area contributed by atoms with Gasteiger partial charge in [-0.25, -0.2) is 0 Å². The van der Waals surface area contributed by atoms with Crippen LogP contribution < -0.4 is 10.1 Å². The molecule has 2 aromatic carbocycles. The van der Waals surface area contributed by atoms with Crippen LogP contribution in [0, 0.1) is 0 Å². The van der Waals surface area contributed by atoms with Crippen molar-refractivity contribution in [1.82, 2.24) is 19.6 Å². The van der Waals surface area contributed by atoms with E-state index in [1.54, 1.807) is 19.5 Å². The van der Waals surface area contributed by atoms with Crippen LogP contribution in [0.4, 0.5) is 5.69 Å². The summed E-state index contributed by atoms with van der Waals surface area (Å²) in [6.07, 6.45) is 5.79. The maximum absolute atomic E-state index is 12.4. The van der Waals surface area contributed by atoms with Crippen LogP contribution in [0.2, 0.25) is 0 Å². The quantitative estimate of drug-likeness (QED) is 0.538. The molecule has 0 fully saturated rings. The third kappa shape index (κ3) is 4.03. The minimum absolute atomic E-state index is 0.0478. The fraction of sp³-hybridized carbons (Fsp3) is 0.190. The fourth-order valence-corrected chi connectivity index (χ4v) is 3.13. The molecule has 0 atom stereocenters. The Labute approximate surface area is 162 Å². The SMILES string of the molecule is COc1ccc2c(cnn2CCC(=O)Nc2cccc(Cn3cccn3)c2)c1. The second-order valence-electron chi connectivity index (χ2n) is 6.49. The summed E-state index contributed by atoms with van der Waals surface area (Å²) in [6, 6.07) is 15.5. The molecule has 7 nitrogen and oxygen atoms in total. The van der Waals surface area contributed by atoms with Gasteiger partial charge in [-0.05, 0) is 42.0 Å². The lowest BCUT2D eigenvalue weighted by atomic mass is 10.2. The number of amides is 1. The van der Waals surface area contributed by atoms with Gasteiger partial charge in [0.2, 0.25) is 5.91 Å². The van der Waals surface area contributed by atoms with E-state index in [9.17, 15) is 4.79 Å². The summed E-state index contributed by atoms with van der Waals surface area (Å²) in [5, 5.41) is 12.5. The number of aromatic nitrogens is 4. The van der Waals surface area contributed by atoms with E-state index in [-0.39, 0.29) is 5.91 Å². The summed E-state index contributed by atoms with van der Waals surface area (Å²) in [6.45, 7) is 1.17. The van der Waals surface area contributed by atoms with Gasteiger partial charge in [-0.1, -0.05) is 12.1 Å². The van der Waals surface area contributed by atoms with Crippen LogP contribution in [-0.4, -0.2) is 32.6 Å². The number of carbonyl (C=O) groups is 1. The van der Waals surface area contributed by atoms with Crippen LogP contribution in [0.25, 0.3) is 10.9 Å².